The van der Waals surface area contributed by atoms with E-state index in [1.165, 1.54) is 12.3 Å². The van der Waals surface area contributed by atoms with Gasteiger partial charge in [-0.1, -0.05) is 0 Å². The molecule has 0 spiro atoms. The van der Waals surface area contributed by atoms with Gasteiger partial charge in [-0.25, -0.2) is 4.79 Å². The summed E-state index contributed by atoms with van der Waals surface area (Å²) < 4.78 is 5.04. The zero-order chi connectivity index (χ0) is 13.1. The molecule has 96 valence electrons. The molecule has 1 aromatic heterocycles. The molecule has 6 heteroatoms. The summed E-state index contributed by atoms with van der Waals surface area (Å²) in [5, 5.41) is 8.92. The molecule has 0 bridgehead atoms. The molecule has 1 aliphatic heterocycles. The number of imide groups is 1. The fraction of sp³-hybridized carbons (Fsp3) is 0.417. The molecule has 18 heavy (non-hydrogen) atoms. The van der Waals surface area contributed by atoms with E-state index in [0.717, 1.165) is 4.90 Å². The lowest BCUT2D eigenvalue weighted by Crippen LogP contribution is -2.34. The lowest BCUT2D eigenvalue weighted by atomic mass is 10.2. The van der Waals surface area contributed by atoms with E-state index < -0.39 is 5.97 Å². The van der Waals surface area contributed by atoms with Crippen molar-refractivity contribution in [2.45, 2.75) is 32.2 Å². The third-order valence-corrected chi connectivity index (χ3v) is 2.91. The Kier molecular flexibility index (Phi) is 3.45. The molecule has 0 radical (unpaired) electrons. The highest BCUT2D eigenvalue weighted by Crippen LogP contribution is 2.18. The minimum atomic E-state index is -1.13. The fourth-order valence-corrected chi connectivity index (χ4v) is 1.94. The zero-order valence-electron chi connectivity index (χ0n) is 9.72. The first-order chi connectivity index (χ1) is 8.59. The van der Waals surface area contributed by atoms with Crippen LogP contribution in [0.25, 0.3) is 0 Å². The van der Waals surface area contributed by atoms with Gasteiger partial charge in [0.15, 0.2) is 0 Å². The van der Waals surface area contributed by atoms with Gasteiger partial charge >= 0.3 is 5.97 Å². The van der Waals surface area contributed by atoms with Crippen LogP contribution in [0.1, 0.15) is 41.8 Å². The van der Waals surface area contributed by atoms with Crippen LogP contribution < -0.4 is 0 Å². The Balaban J connectivity index is 2.20. The van der Waals surface area contributed by atoms with Gasteiger partial charge in [0.1, 0.15) is 11.3 Å². The molecule has 2 rings (SSSR count). The predicted octanol–water partition coefficient (Wildman–Crippen LogP) is 1.41. The second kappa shape index (κ2) is 5.03. The third-order valence-electron chi connectivity index (χ3n) is 2.91. The van der Waals surface area contributed by atoms with Gasteiger partial charge in [0, 0.05) is 12.8 Å². The van der Waals surface area contributed by atoms with Crippen molar-refractivity contribution in [1.29, 1.82) is 0 Å². The van der Waals surface area contributed by atoms with Crippen molar-refractivity contribution >= 4 is 17.8 Å². The van der Waals surface area contributed by atoms with Crippen LogP contribution >= 0.6 is 0 Å². The highest BCUT2D eigenvalue weighted by Gasteiger charge is 2.27. The van der Waals surface area contributed by atoms with E-state index >= 15 is 0 Å². The smallest absolute Gasteiger partial charge is 0.339 e. The van der Waals surface area contributed by atoms with E-state index in [9.17, 15) is 14.4 Å². The number of carboxylic acids is 1. The summed E-state index contributed by atoms with van der Waals surface area (Å²) in [4.78, 5) is 35.5. The van der Waals surface area contributed by atoms with Crippen LogP contribution in [-0.2, 0) is 16.1 Å². The standard InChI is InChI=1S/C12H13NO5/c14-10-3-1-2-4-11(15)13(10)7-9-8(12(16)17)5-6-18-9/h5-6H,1-4,7H2,(H,16,17). The number of aromatic carboxylic acids is 1. The van der Waals surface area contributed by atoms with Crippen molar-refractivity contribution in [2.24, 2.45) is 0 Å². The van der Waals surface area contributed by atoms with Gasteiger partial charge < -0.3 is 9.52 Å². The van der Waals surface area contributed by atoms with Gasteiger partial charge in [-0.3, -0.25) is 14.5 Å². The topological polar surface area (TPSA) is 87.8 Å². The van der Waals surface area contributed by atoms with Crippen LogP contribution in [0.3, 0.4) is 0 Å². The third kappa shape index (κ3) is 2.42. The van der Waals surface area contributed by atoms with Crippen molar-refractivity contribution in [3.8, 4) is 0 Å². The summed E-state index contributed by atoms with van der Waals surface area (Å²) in [5.74, 6) is -1.55. The van der Waals surface area contributed by atoms with E-state index in [0.29, 0.717) is 25.7 Å². The highest BCUT2D eigenvalue weighted by molar-refractivity contribution is 5.96. The molecular weight excluding hydrogens is 238 g/mol. The van der Waals surface area contributed by atoms with Gasteiger partial charge in [-0.15, -0.1) is 0 Å². The van der Waals surface area contributed by atoms with Crippen molar-refractivity contribution in [2.75, 3.05) is 0 Å². The van der Waals surface area contributed by atoms with Crippen molar-refractivity contribution in [3.05, 3.63) is 23.7 Å². The molecule has 1 aromatic rings. The Bertz CT molecular complexity index is 472. The van der Waals surface area contributed by atoms with Crippen molar-refractivity contribution in [1.82, 2.24) is 4.90 Å². The Hall–Kier alpha value is -2.11. The molecule has 0 aliphatic carbocycles. The maximum Gasteiger partial charge on any atom is 0.339 e. The van der Waals surface area contributed by atoms with Crippen LogP contribution in [0.4, 0.5) is 0 Å². The molecule has 0 unspecified atom stereocenters. The molecule has 0 saturated carbocycles. The number of carboxylic acid groups (broad SMARTS) is 1. The number of carbonyl (C=O) groups excluding carboxylic acids is 2. The lowest BCUT2D eigenvalue weighted by molar-refractivity contribution is -0.144. The van der Waals surface area contributed by atoms with E-state index in [1.54, 1.807) is 0 Å². The van der Waals surface area contributed by atoms with Crippen LogP contribution in [-0.4, -0.2) is 27.8 Å². The first-order valence-electron chi connectivity index (χ1n) is 5.72. The van der Waals surface area contributed by atoms with Crippen LogP contribution in [0.2, 0.25) is 0 Å². The predicted molar refractivity (Wildman–Crippen MR) is 59.7 cm³/mol. The molecular formula is C12H13NO5. The van der Waals surface area contributed by atoms with Gasteiger partial charge in [0.05, 0.1) is 12.8 Å². The largest absolute Gasteiger partial charge is 0.478 e. The molecule has 0 atom stereocenters. The molecule has 6 nitrogen and oxygen atoms in total. The van der Waals surface area contributed by atoms with Gasteiger partial charge in [-0.05, 0) is 18.9 Å². The number of hydrogen-bond donors (Lipinski definition) is 1. The summed E-state index contributed by atoms with van der Waals surface area (Å²) >= 11 is 0. The summed E-state index contributed by atoms with van der Waals surface area (Å²) in [6.45, 7) is -0.105. The SMILES string of the molecule is O=C(O)c1ccoc1CN1C(=O)CCCCC1=O. The quantitative estimate of drug-likeness (QED) is 0.820. The fourth-order valence-electron chi connectivity index (χ4n) is 1.94. The maximum atomic E-state index is 11.7. The number of nitrogens with zero attached hydrogens (tertiary/aromatic N) is 1. The minimum absolute atomic E-state index is 0.0140. The average molecular weight is 251 g/mol. The Morgan fingerprint density at radius 3 is 2.44 bits per heavy atom. The number of likely N-dealkylation sites (tertiary alicyclic amines) is 1. The monoisotopic (exact) mass is 251 g/mol. The maximum absolute atomic E-state index is 11.7. The van der Waals surface area contributed by atoms with Gasteiger partial charge in [0.2, 0.25) is 11.8 Å². The summed E-state index contributed by atoms with van der Waals surface area (Å²) in [5.41, 5.74) is -0.0140. The molecule has 1 saturated heterocycles. The zero-order valence-corrected chi connectivity index (χ0v) is 9.72. The summed E-state index contributed by atoms with van der Waals surface area (Å²) in [7, 11) is 0. The molecule has 0 aromatic carbocycles. The van der Waals surface area contributed by atoms with E-state index in [2.05, 4.69) is 0 Å². The van der Waals surface area contributed by atoms with E-state index in [-0.39, 0.29) is 29.7 Å². The molecule has 1 N–H and O–H groups in total. The normalized spacial score (nSPS) is 16.8. The highest BCUT2D eigenvalue weighted by atomic mass is 16.4. The molecule has 1 aliphatic rings. The van der Waals surface area contributed by atoms with E-state index in [4.69, 9.17) is 9.52 Å². The number of hydrogen-bond acceptors (Lipinski definition) is 4. The van der Waals surface area contributed by atoms with Crippen LogP contribution in [0, 0.1) is 0 Å². The van der Waals surface area contributed by atoms with Crippen LogP contribution in [0.15, 0.2) is 16.7 Å². The van der Waals surface area contributed by atoms with Crippen molar-refractivity contribution in [3.63, 3.8) is 0 Å². The second-order valence-corrected chi connectivity index (χ2v) is 4.14. The Morgan fingerprint density at radius 1 is 1.28 bits per heavy atom. The first kappa shape index (κ1) is 12.3. The van der Waals surface area contributed by atoms with Crippen LogP contribution in [0.5, 0.6) is 0 Å². The second-order valence-electron chi connectivity index (χ2n) is 4.14. The number of amides is 2. The molecule has 1 fully saturated rings. The summed E-state index contributed by atoms with van der Waals surface area (Å²) in [6, 6.07) is 1.31. The first-order valence-corrected chi connectivity index (χ1v) is 5.72. The van der Waals surface area contributed by atoms with Gasteiger partial charge in [0.25, 0.3) is 0 Å². The number of carbonyl (C=O) groups is 3. The Labute approximate surface area is 103 Å². The minimum Gasteiger partial charge on any atom is -0.478 e. The number of rotatable bonds is 3. The molecule has 2 amide bonds. The van der Waals surface area contributed by atoms with E-state index in [1.807, 2.05) is 0 Å². The molecule has 2 heterocycles. The average Bonchev–Trinajstić information content (AvgIpc) is 2.73. The lowest BCUT2D eigenvalue weighted by Gasteiger charge is -2.17. The van der Waals surface area contributed by atoms with Gasteiger partial charge in [-0.2, -0.15) is 0 Å². The number of furan rings is 1. The summed E-state index contributed by atoms with van der Waals surface area (Å²) in [6.07, 6.45) is 3.24. The van der Waals surface area contributed by atoms with Crippen molar-refractivity contribution < 1.29 is 23.9 Å². The Morgan fingerprint density at radius 2 is 1.89 bits per heavy atom.